The molecule has 3 nitrogen and oxygen atoms in total. The number of rotatable bonds is 0. The van der Waals surface area contributed by atoms with Crippen molar-refractivity contribution in [2.45, 2.75) is 51.0 Å². The third-order valence-electron chi connectivity index (χ3n) is 5.77. The molecule has 0 unspecified atom stereocenters. The Morgan fingerprint density at radius 3 is 3.14 bits per heavy atom. The molecular weight excluding hydrogens is 264 g/mol. The summed E-state index contributed by atoms with van der Waals surface area (Å²) in [5, 5.41) is 20.3. The van der Waals surface area contributed by atoms with Crippen molar-refractivity contribution >= 4 is 5.78 Å². The molecule has 21 heavy (non-hydrogen) atoms. The number of phenolic OH excluding ortho intramolecular Hbond substituents is 1. The Hall–Kier alpha value is -1.35. The molecule has 0 aliphatic heterocycles. The lowest BCUT2D eigenvalue weighted by atomic mass is 9.55. The minimum atomic E-state index is -1.94. The van der Waals surface area contributed by atoms with Gasteiger partial charge in [-0.15, -0.1) is 0 Å². The minimum absolute atomic E-state index is 0.00859. The van der Waals surface area contributed by atoms with E-state index in [0.29, 0.717) is 12.8 Å². The zero-order valence-electron chi connectivity index (χ0n) is 16.9. The van der Waals surface area contributed by atoms with Gasteiger partial charge in [0.25, 0.3) is 0 Å². The number of fused-ring (bicyclic) bond motifs is 5. The zero-order valence-corrected chi connectivity index (χ0v) is 11.9. The molecule has 0 radical (unpaired) electrons. The van der Waals surface area contributed by atoms with Crippen LogP contribution >= 0.6 is 0 Å². The molecule has 112 valence electrons. The van der Waals surface area contributed by atoms with E-state index in [1.807, 2.05) is 6.92 Å². The maximum atomic E-state index is 12.2. The smallest absolute Gasteiger partial charge is 0.162 e. The summed E-state index contributed by atoms with van der Waals surface area (Å²) in [5.74, 6) is -2.85. The molecule has 1 aromatic carbocycles. The van der Waals surface area contributed by atoms with E-state index < -0.39 is 41.5 Å². The van der Waals surface area contributed by atoms with Gasteiger partial charge in [0.05, 0.1) is 2.74 Å². The summed E-state index contributed by atoms with van der Waals surface area (Å²) >= 11 is 0. The molecule has 5 atom stereocenters. The van der Waals surface area contributed by atoms with Gasteiger partial charge in [0.1, 0.15) is 11.9 Å². The van der Waals surface area contributed by atoms with Crippen LogP contribution in [-0.4, -0.2) is 22.1 Å². The summed E-state index contributed by atoms with van der Waals surface area (Å²) in [6, 6.07) is 0.612. The third kappa shape index (κ3) is 1.73. The van der Waals surface area contributed by atoms with Gasteiger partial charge < -0.3 is 10.2 Å². The van der Waals surface area contributed by atoms with Crippen LogP contribution in [0.1, 0.15) is 56.5 Å². The first-order valence-electron chi connectivity index (χ1n) is 9.98. The van der Waals surface area contributed by atoms with Gasteiger partial charge in [0.2, 0.25) is 0 Å². The molecular formula is C18H22O3. The van der Waals surface area contributed by atoms with Crippen LogP contribution in [0.15, 0.2) is 18.2 Å². The summed E-state index contributed by atoms with van der Waals surface area (Å²) in [6.07, 6.45) is -2.15. The van der Waals surface area contributed by atoms with Gasteiger partial charge in [0.15, 0.2) is 5.78 Å². The number of hydrogen-bond donors (Lipinski definition) is 2. The quantitative estimate of drug-likeness (QED) is 0.773. The van der Waals surface area contributed by atoms with Crippen molar-refractivity contribution in [2.75, 3.05) is 0 Å². The van der Waals surface area contributed by atoms with Crippen LogP contribution in [0, 0.1) is 17.3 Å². The van der Waals surface area contributed by atoms with Crippen molar-refractivity contribution in [1.82, 2.24) is 0 Å². The van der Waals surface area contributed by atoms with E-state index in [1.165, 1.54) is 6.07 Å². The number of aliphatic hydroxyl groups is 1. The Balaban J connectivity index is 1.93. The first-order valence-corrected chi connectivity index (χ1v) is 7.48. The summed E-state index contributed by atoms with van der Waals surface area (Å²) in [4.78, 5) is 12.2. The SMILES string of the molecule is [2H]c1cc2c(c([2H])c1O)C([2H])([2H])C[C@H]1[C@@H]3CC(=O)[C@H](O)[C@@]3(C)CC[C@]21[2H]. The van der Waals surface area contributed by atoms with Gasteiger partial charge in [0, 0.05) is 15.9 Å². The van der Waals surface area contributed by atoms with Crippen molar-refractivity contribution in [3.63, 3.8) is 0 Å². The van der Waals surface area contributed by atoms with Gasteiger partial charge in [-0.25, -0.2) is 0 Å². The zero-order chi connectivity index (χ0) is 19.2. The van der Waals surface area contributed by atoms with Crippen molar-refractivity contribution in [2.24, 2.45) is 17.3 Å². The van der Waals surface area contributed by atoms with Gasteiger partial charge in [-0.05, 0) is 66.6 Å². The van der Waals surface area contributed by atoms with Crippen molar-refractivity contribution in [1.29, 1.82) is 0 Å². The van der Waals surface area contributed by atoms with E-state index in [9.17, 15) is 15.0 Å². The molecule has 0 spiro atoms. The Labute approximate surface area is 132 Å². The molecule has 3 heteroatoms. The number of ketones is 1. The molecule has 0 bridgehead atoms. The number of Topliss-reactive ketones (excluding diaryl/α,β-unsaturated/α-hetero) is 1. The summed E-state index contributed by atoms with van der Waals surface area (Å²) < 4.78 is 42.2. The van der Waals surface area contributed by atoms with Crippen LogP contribution in [0.2, 0.25) is 0 Å². The van der Waals surface area contributed by atoms with Crippen LogP contribution < -0.4 is 0 Å². The highest BCUT2D eigenvalue weighted by Crippen LogP contribution is 2.60. The molecule has 3 aliphatic rings. The molecule has 0 saturated heterocycles. The fourth-order valence-electron chi connectivity index (χ4n) is 4.53. The van der Waals surface area contributed by atoms with E-state index in [2.05, 4.69) is 0 Å². The fourth-order valence-corrected chi connectivity index (χ4v) is 4.53. The van der Waals surface area contributed by atoms with Gasteiger partial charge in [-0.2, -0.15) is 0 Å². The first kappa shape index (κ1) is 8.94. The Kier molecular flexibility index (Phi) is 1.84. The number of carbonyl (C=O) groups is 1. The Morgan fingerprint density at radius 1 is 1.52 bits per heavy atom. The molecule has 3 aliphatic carbocycles. The maximum absolute atomic E-state index is 12.2. The van der Waals surface area contributed by atoms with Gasteiger partial charge in [-0.3, -0.25) is 4.79 Å². The van der Waals surface area contributed by atoms with Gasteiger partial charge in [-0.1, -0.05) is 13.0 Å². The molecule has 1 aromatic rings. The Bertz CT molecular complexity index is 826. The van der Waals surface area contributed by atoms with Crippen molar-refractivity contribution < 1.29 is 21.9 Å². The van der Waals surface area contributed by atoms with Gasteiger partial charge >= 0.3 is 0 Å². The summed E-state index contributed by atoms with van der Waals surface area (Å²) in [6.45, 7) is 1.85. The molecule has 0 heterocycles. The number of benzene rings is 1. The van der Waals surface area contributed by atoms with Crippen LogP contribution in [0.25, 0.3) is 0 Å². The maximum Gasteiger partial charge on any atom is 0.162 e. The van der Waals surface area contributed by atoms with Crippen LogP contribution in [0.4, 0.5) is 0 Å². The van der Waals surface area contributed by atoms with Crippen LogP contribution in [0.3, 0.4) is 0 Å². The highest BCUT2D eigenvalue weighted by atomic mass is 16.3. The monoisotopic (exact) mass is 291 g/mol. The average Bonchev–Trinajstić information content (AvgIpc) is 2.78. The fraction of sp³-hybridized carbons (Fsp3) is 0.611. The lowest BCUT2D eigenvalue weighted by Crippen LogP contribution is -2.44. The van der Waals surface area contributed by atoms with Crippen molar-refractivity contribution in [3.05, 3.63) is 29.3 Å². The molecule has 2 fully saturated rings. The third-order valence-corrected chi connectivity index (χ3v) is 5.77. The van der Waals surface area contributed by atoms with E-state index in [4.69, 9.17) is 6.85 Å². The van der Waals surface area contributed by atoms with Crippen molar-refractivity contribution in [3.8, 4) is 5.75 Å². The van der Waals surface area contributed by atoms with E-state index in [-0.39, 0.29) is 41.7 Å². The summed E-state index contributed by atoms with van der Waals surface area (Å²) in [5.41, 5.74) is -0.391. The van der Waals surface area contributed by atoms with E-state index in [0.717, 1.165) is 0 Å². The lowest BCUT2D eigenvalue weighted by molar-refractivity contribution is -0.128. The number of carbonyl (C=O) groups excluding carboxylic acids is 1. The molecule has 0 amide bonds. The first-order chi connectivity index (χ1) is 11.9. The number of aliphatic hydroxyl groups excluding tert-OH is 1. The Morgan fingerprint density at radius 2 is 2.33 bits per heavy atom. The van der Waals surface area contributed by atoms with E-state index in [1.54, 1.807) is 0 Å². The van der Waals surface area contributed by atoms with E-state index >= 15 is 0 Å². The predicted molar refractivity (Wildman–Crippen MR) is 79.1 cm³/mol. The molecule has 2 saturated carbocycles. The average molecular weight is 291 g/mol. The topological polar surface area (TPSA) is 57.5 Å². The molecule has 0 aromatic heterocycles. The van der Waals surface area contributed by atoms with Crippen LogP contribution in [0.5, 0.6) is 5.75 Å². The minimum Gasteiger partial charge on any atom is -0.508 e. The summed E-state index contributed by atoms with van der Waals surface area (Å²) in [7, 11) is 0. The normalized spacial score (nSPS) is 50.7. The molecule has 2 N–H and O–H groups in total. The predicted octanol–water partition coefficient (Wildman–Crippen LogP) is 2.79. The second-order valence-electron chi connectivity index (χ2n) is 6.75. The lowest BCUT2D eigenvalue weighted by Gasteiger charge is -2.49. The number of hydrogen-bond acceptors (Lipinski definition) is 3. The largest absolute Gasteiger partial charge is 0.508 e. The second-order valence-corrected chi connectivity index (χ2v) is 6.75. The molecule has 4 rings (SSSR count). The highest BCUT2D eigenvalue weighted by Gasteiger charge is 2.57. The number of phenols is 1. The number of aromatic hydroxyl groups is 1. The van der Waals surface area contributed by atoms with Crippen LogP contribution in [-0.2, 0) is 11.2 Å². The standard InChI is InChI=1S/C18H22O3/c1-18-7-6-13-12-5-3-11(19)8-10(12)2-4-14(13)15(18)9-16(20)17(18)21/h3,5,8,13-15,17,19,21H,2,4,6-7,9H2,1H3/t13-,14-,15+,17+,18+/m1/s1/i2D2,3D,8D,13D. The second kappa shape index (κ2) is 4.33. The highest BCUT2D eigenvalue weighted by molar-refractivity contribution is 5.86.